The van der Waals surface area contributed by atoms with Gasteiger partial charge < -0.3 is 10.6 Å². The third kappa shape index (κ3) is 2.93. The molecule has 0 unspecified atom stereocenters. The topological polar surface area (TPSA) is 77.0 Å². The lowest BCUT2D eigenvalue weighted by molar-refractivity contribution is -0.133. The first kappa shape index (κ1) is 12.2. The molecule has 0 bridgehead atoms. The van der Waals surface area contributed by atoms with Crippen molar-refractivity contribution in [3.63, 3.8) is 0 Å². The molecule has 1 amide bonds. The molecule has 6 nitrogen and oxygen atoms in total. The van der Waals surface area contributed by atoms with Crippen molar-refractivity contribution in [3.05, 3.63) is 28.7 Å². The Morgan fingerprint density at radius 2 is 2.42 bits per heavy atom. The van der Waals surface area contributed by atoms with Gasteiger partial charge in [0.05, 0.1) is 6.54 Å². The highest BCUT2D eigenvalue weighted by Gasteiger charge is 2.32. The van der Waals surface area contributed by atoms with Gasteiger partial charge >= 0.3 is 0 Å². The van der Waals surface area contributed by atoms with Crippen LogP contribution in [0.1, 0.15) is 17.7 Å². The molecule has 0 aliphatic heterocycles. The van der Waals surface area contributed by atoms with Gasteiger partial charge in [-0.2, -0.15) is 0 Å². The number of nitrogen functional groups attached to an aromatic ring is 1. The number of aromatic nitrogens is 3. The molecule has 7 heteroatoms. The Labute approximate surface area is 114 Å². The normalized spacial score (nSPS) is 14.5. The number of anilines is 1. The van der Waals surface area contributed by atoms with Crippen LogP contribution in [0.15, 0.2) is 23.8 Å². The number of hydrogen-bond acceptors (Lipinski definition) is 5. The number of hydrogen-bond donors (Lipinski definition) is 1. The molecule has 0 atom stereocenters. The molecule has 19 heavy (non-hydrogen) atoms. The van der Waals surface area contributed by atoms with Crippen molar-refractivity contribution < 1.29 is 4.79 Å². The van der Waals surface area contributed by atoms with Crippen LogP contribution in [-0.2, 0) is 17.9 Å². The second-order valence-corrected chi connectivity index (χ2v) is 5.66. The highest BCUT2D eigenvalue weighted by atomic mass is 32.1. The summed E-state index contributed by atoms with van der Waals surface area (Å²) in [5, 5.41) is 5.98. The average molecular weight is 277 g/mol. The van der Waals surface area contributed by atoms with E-state index < -0.39 is 0 Å². The highest BCUT2D eigenvalue weighted by Crippen LogP contribution is 2.29. The van der Waals surface area contributed by atoms with Crippen LogP contribution in [0.25, 0.3) is 0 Å². The molecule has 3 rings (SSSR count). The van der Waals surface area contributed by atoms with Gasteiger partial charge in [0, 0.05) is 10.9 Å². The zero-order chi connectivity index (χ0) is 13.2. The van der Waals surface area contributed by atoms with E-state index in [9.17, 15) is 4.79 Å². The molecule has 0 aromatic carbocycles. The van der Waals surface area contributed by atoms with Crippen molar-refractivity contribution in [1.29, 1.82) is 0 Å². The van der Waals surface area contributed by atoms with Crippen LogP contribution in [0.3, 0.4) is 0 Å². The first-order chi connectivity index (χ1) is 9.22. The molecule has 2 aromatic rings. The largest absolute Gasteiger partial charge is 0.367 e. The maximum atomic E-state index is 12.3. The van der Waals surface area contributed by atoms with Gasteiger partial charge in [0.2, 0.25) is 11.9 Å². The van der Waals surface area contributed by atoms with Crippen molar-refractivity contribution in [2.45, 2.75) is 32.0 Å². The first-order valence-electron chi connectivity index (χ1n) is 6.19. The van der Waals surface area contributed by atoms with Crippen molar-refractivity contribution in [3.8, 4) is 0 Å². The number of carbonyl (C=O) groups excluding carboxylic acids is 1. The number of amides is 1. The molecule has 2 aromatic heterocycles. The Hall–Kier alpha value is -1.89. The lowest BCUT2D eigenvalue weighted by atomic mass is 10.3. The van der Waals surface area contributed by atoms with Crippen molar-refractivity contribution in [2.75, 3.05) is 5.73 Å². The maximum Gasteiger partial charge on any atom is 0.244 e. The molecule has 0 saturated heterocycles. The number of nitrogens with zero attached hydrogens (tertiary/aromatic N) is 4. The summed E-state index contributed by atoms with van der Waals surface area (Å²) in [6, 6.07) is 4.45. The van der Waals surface area contributed by atoms with Gasteiger partial charge in [0.25, 0.3) is 0 Å². The monoisotopic (exact) mass is 277 g/mol. The zero-order valence-electron chi connectivity index (χ0n) is 10.4. The second-order valence-electron chi connectivity index (χ2n) is 4.63. The standard InChI is InChI=1S/C12H15N5OS/c13-12-14-8-16(15-12)7-11(18)17(9-3-4-9)6-10-2-1-5-19-10/h1-2,5,8-9H,3-4,6-7H2,(H2,13,15). The molecule has 1 aliphatic rings. The van der Waals surface area contributed by atoms with Gasteiger partial charge in [0.1, 0.15) is 12.9 Å². The summed E-state index contributed by atoms with van der Waals surface area (Å²) < 4.78 is 1.49. The third-order valence-electron chi connectivity index (χ3n) is 3.07. The van der Waals surface area contributed by atoms with Crippen molar-refractivity contribution in [2.24, 2.45) is 0 Å². The number of carbonyl (C=O) groups is 1. The molecule has 1 saturated carbocycles. The Morgan fingerprint density at radius 1 is 1.58 bits per heavy atom. The van der Waals surface area contributed by atoms with Gasteiger partial charge in [-0.25, -0.2) is 9.67 Å². The molecule has 100 valence electrons. The maximum absolute atomic E-state index is 12.3. The van der Waals surface area contributed by atoms with Crippen molar-refractivity contribution in [1.82, 2.24) is 19.7 Å². The van der Waals surface area contributed by atoms with Crippen LogP contribution >= 0.6 is 11.3 Å². The summed E-state index contributed by atoms with van der Waals surface area (Å²) in [6.45, 7) is 0.886. The van der Waals surface area contributed by atoms with E-state index in [1.54, 1.807) is 11.3 Å². The average Bonchev–Trinajstić information content (AvgIpc) is 2.93. The number of nitrogens with two attached hydrogens (primary N) is 1. The summed E-state index contributed by atoms with van der Waals surface area (Å²) >= 11 is 1.68. The fourth-order valence-electron chi connectivity index (χ4n) is 1.99. The van der Waals surface area contributed by atoms with Gasteiger partial charge in [-0.05, 0) is 24.3 Å². The number of rotatable bonds is 5. The lowest BCUT2D eigenvalue weighted by Gasteiger charge is -2.21. The second kappa shape index (κ2) is 5.00. The predicted molar refractivity (Wildman–Crippen MR) is 72.3 cm³/mol. The molecular weight excluding hydrogens is 262 g/mol. The van der Waals surface area contributed by atoms with Crippen LogP contribution in [-0.4, -0.2) is 31.6 Å². The molecule has 1 fully saturated rings. The summed E-state index contributed by atoms with van der Waals surface area (Å²) in [5.74, 6) is 0.268. The van der Waals surface area contributed by atoms with Crippen LogP contribution in [0.5, 0.6) is 0 Å². The molecular formula is C12H15N5OS. The zero-order valence-corrected chi connectivity index (χ0v) is 11.2. The van der Waals surface area contributed by atoms with Crippen LogP contribution in [0, 0.1) is 0 Å². The van der Waals surface area contributed by atoms with Crippen LogP contribution in [0.2, 0.25) is 0 Å². The van der Waals surface area contributed by atoms with Gasteiger partial charge in [-0.15, -0.1) is 16.4 Å². The van der Waals surface area contributed by atoms with E-state index in [1.165, 1.54) is 15.9 Å². The van der Waals surface area contributed by atoms with Crippen LogP contribution < -0.4 is 5.73 Å². The van der Waals surface area contributed by atoms with E-state index in [2.05, 4.69) is 16.1 Å². The lowest BCUT2D eigenvalue weighted by Crippen LogP contribution is -2.35. The SMILES string of the molecule is Nc1ncn(CC(=O)N(Cc2cccs2)C2CC2)n1. The minimum absolute atomic E-state index is 0.0702. The predicted octanol–water partition coefficient (Wildman–Crippen LogP) is 1.11. The quantitative estimate of drug-likeness (QED) is 0.888. The molecule has 1 aliphatic carbocycles. The Balaban J connectivity index is 1.67. The minimum Gasteiger partial charge on any atom is -0.367 e. The van der Waals surface area contributed by atoms with Gasteiger partial charge in [0.15, 0.2) is 0 Å². The minimum atomic E-state index is 0.0702. The Bertz CT molecular complexity index is 560. The van der Waals surface area contributed by atoms with E-state index >= 15 is 0 Å². The summed E-state index contributed by atoms with van der Waals surface area (Å²) in [6.07, 6.45) is 3.68. The van der Waals surface area contributed by atoms with Gasteiger partial charge in [-0.1, -0.05) is 6.07 Å². The smallest absolute Gasteiger partial charge is 0.244 e. The van der Waals surface area contributed by atoms with Crippen molar-refractivity contribution >= 4 is 23.2 Å². The van der Waals surface area contributed by atoms with E-state index in [4.69, 9.17) is 5.73 Å². The fraction of sp³-hybridized carbons (Fsp3) is 0.417. The Morgan fingerprint density at radius 3 is 3.00 bits per heavy atom. The molecule has 0 spiro atoms. The number of thiophene rings is 1. The molecule has 2 N–H and O–H groups in total. The molecule has 0 radical (unpaired) electrons. The third-order valence-corrected chi connectivity index (χ3v) is 3.93. The van der Waals surface area contributed by atoms with E-state index in [0.29, 0.717) is 12.6 Å². The summed E-state index contributed by atoms with van der Waals surface area (Å²) in [5.41, 5.74) is 5.45. The highest BCUT2D eigenvalue weighted by molar-refractivity contribution is 7.09. The first-order valence-corrected chi connectivity index (χ1v) is 7.07. The van der Waals surface area contributed by atoms with Gasteiger partial charge in [-0.3, -0.25) is 4.79 Å². The summed E-state index contributed by atoms with van der Waals surface area (Å²) in [4.78, 5) is 19.3. The fourth-order valence-corrected chi connectivity index (χ4v) is 2.69. The summed E-state index contributed by atoms with van der Waals surface area (Å²) in [7, 11) is 0. The molecule has 2 heterocycles. The van der Waals surface area contributed by atoms with E-state index in [1.807, 2.05) is 16.3 Å². The van der Waals surface area contributed by atoms with E-state index in [-0.39, 0.29) is 18.4 Å². The van der Waals surface area contributed by atoms with E-state index in [0.717, 1.165) is 12.8 Å². The van der Waals surface area contributed by atoms with Crippen LogP contribution in [0.4, 0.5) is 5.95 Å². The Kier molecular flexibility index (Phi) is 3.20.